The van der Waals surface area contributed by atoms with Crippen LogP contribution in [0.25, 0.3) is 22.2 Å². The van der Waals surface area contributed by atoms with Crippen molar-refractivity contribution in [3.63, 3.8) is 0 Å². The second kappa shape index (κ2) is 10.8. The van der Waals surface area contributed by atoms with Gasteiger partial charge in [-0.15, -0.1) is 0 Å². The van der Waals surface area contributed by atoms with Gasteiger partial charge in [0, 0.05) is 43.1 Å². The zero-order valence-corrected chi connectivity index (χ0v) is 22.0. The third-order valence-corrected chi connectivity index (χ3v) is 7.75. The van der Waals surface area contributed by atoms with Crippen molar-refractivity contribution in [2.75, 3.05) is 25.2 Å². The largest absolute Gasteiger partial charge is 0.490 e. The molecule has 7 nitrogen and oxygen atoms in total. The van der Waals surface area contributed by atoms with Gasteiger partial charge in [0.2, 0.25) is 0 Å². The van der Waals surface area contributed by atoms with Crippen LogP contribution in [0.4, 0.5) is 10.5 Å². The second-order valence-electron chi connectivity index (χ2n) is 10.2. The van der Waals surface area contributed by atoms with E-state index in [9.17, 15) is 10.1 Å². The fourth-order valence-corrected chi connectivity index (χ4v) is 5.38. The molecule has 1 aliphatic heterocycles. The van der Waals surface area contributed by atoms with Crippen molar-refractivity contribution in [3.8, 4) is 28.8 Å². The minimum Gasteiger partial charge on any atom is -0.490 e. The molecule has 1 amide bonds. The third-order valence-electron chi connectivity index (χ3n) is 7.75. The standard InChI is InChI=1S/C32H31N3O4/c1-34(23-6-3-2-4-7-23)32(36)39-25-12-10-22(11-13-25)31-29(21-33)28-15-14-27(38-26-16-18-37-19-17-26)20-30(28)35(31)24-8-5-9-24/h2-4,6-7,10-15,20,24,26H,5,8-9,16-19H2,1H3. The van der Waals surface area contributed by atoms with E-state index in [1.165, 1.54) is 11.3 Å². The lowest BCUT2D eigenvalue weighted by molar-refractivity contribution is 0.0256. The first kappa shape index (κ1) is 25.0. The van der Waals surface area contributed by atoms with E-state index >= 15 is 0 Å². The number of aromatic nitrogens is 1. The Morgan fingerprint density at radius 1 is 0.974 bits per heavy atom. The fourth-order valence-electron chi connectivity index (χ4n) is 5.38. The van der Waals surface area contributed by atoms with Crippen LogP contribution in [0.15, 0.2) is 72.8 Å². The number of anilines is 1. The SMILES string of the molecule is CN(C(=O)Oc1ccc(-c2c(C#N)c3ccc(OC4CCOCC4)cc3n2C2CCC2)cc1)c1ccccc1. The van der Waals surface area contributed by atoms with E-state index in [0.29, 0.717) is 17.4 Å². The highest BCUT2D eigenvalue weighted by Crippen LogP contribution is 2.43. The molecule has 0 atom stereocenters. The molecule has 198 valence electrons. The molecule has 39 heavy (non-hydrogen) atoms. The lowest BCUT2D eigenvalue weighted by Gasteiger charge is -2.30. The Morgan fingerprint density at radius 2 is 1.69 bits per heavy atom. The minimum atomic E-state index is -0.465. The predicted molar refractivity (Wildman–Crippen MR) is 150 cm³/mol. The number of para-hydroxylation sites is 1. The molecule has 0 N–H and O–H groups in total. The summed E-state index contributed by atoms with van der Waals surface area (Å²) in [5.74, 6) is 1.27. The predicted octanol–water partition coefficient (Wildman–Crippen LogP) is 7.10. The van der Waals surface area contributed by atoms with Gasteiger partial charge >= 0.3 is 6.09 Å². The van der Waals surface area contributed by atoms with E-state index in [1.807, 2.05) is 54.6 Å². The van der Waals surface area contributed by atoms with E-state index in [4.69, 9.17) is 14.2 Å². The number of fused-ring (bicyclic) bond motifs is 1. The molecule has 2 fully saturated rings. The number of ether oxygens (including phenoxy) is 3. The molecule has 0 radical (unpaired) electrons. The summed E-state index contributed by atoms with van der Waals surface area (Å²) in [6, 6.07) is 25.7. The summed E-state index contributed by atoms with van der Waals surface area (Å²) in [5.41, 5.74) is 4.25. The average Bonchev–Trinajstić information content (AvgIpc) is 3.26. The molecule has 3 aromatic carbocycles. The number of carbonyl (C=O) groups excluding carboxylic acids is 1. The van der Waals surface area contributed by atoms with Crippen LogP contribution >= 0.6 is 0 Å². The van der Waals surface area contributed by atoms with E-state index in [1.54, 1.807) is 19.2 Å². The van der Waals surface area contributed by atoms with E-state index in [0.717, 1.165) is 72.5 Å². The number of carbonyl (C=O) groups is 1. The van der Waals surface area contributed by atoms with Gasteiger partial charge in [0.1, 0.15) is 23.7 Å². The van der Waals surface area contributed by atoms with Gasteiger partial charge in [-0.2, -0.15) is 5.26 Å². The average molecular weight is 522 g/mol. The molecule has 1 aromatic heterocycles. The van der Waals surface area contributed by atoms with Gasteiger partial charge in [-0.25, -0.2) is 4.79 Å². The normalized spacial score (nSPS) is 15.9. The molecule has 2 aliphatic rings. The quantitative estimate of drug-likeness (QED) is 0.271. The Morgan fingerprint density at radius 3 is 2.36 bits per heavy atom. The molecule has 0 unspecified atom stereocenters. The lowest BCUT2D eigenvalue weighted by Crippen LogP contribution is -2.29. The molecular weight excluding hydrogens is 490 g/mol. The molecule has 4 aromatic rings. The Hall–Kier alpha value is -4.28. The first-order chi connectivity index (χ1) is 19.1. The topological polar surface area (TPSA) is 76.7 Å². The van der Waals surface area contributed by atoms with Gasteiger partial charge in [-0.1, -0.05) is 18.2 Å². The third kappa shape index (κ3) is 4.96. The van der Waals surface area contributed by atoms with Crippen molar-refractivity contribution in [2.24, 2.45) is 0 Å². The van der Waals surface area contributed by atoms with Crippen molar-refractivity contribution in [3.05, 3.63) is 78.4 Å². The van der Waals surface area contributed by atoms with Crippen LogP contribution in [0.5, 0.6) is 11.5 Å². The number of hydrogen-bond acceptors (Lipinski definition) is 5. The van der Waals surface area contributed by atoms with Gasteiger partial charge in [0.05, 0.1) is 30.0 Å². The maximum Gasteiger partial charge on any atom is 0.419 e. The Labute approximate surface area is 228 Å². The number of rotatable bonds is 6. The summed E-state index contributed by atoms with van der Waals surface area (Å²) in [4.78, 5) is 14.2. The first-order valence-electron chi connectivity index (χ1n) is 13.6. The van der Waals surface area contributed by atoms with Crippen molar-refractivity contribution in [1.29, 1.82) is 5.26 Å². The van der Waals surface area contributed by atoms with Crippen LogP contribution in [-0.4, -0.2) is 37.0 Å². The molecule has 7 heteroatoms. The molecule has 0 spiro atoms. The van der Waals surface area contributed by atoms with E-state index < -0.39 is 6.09 Å². The highest BCUT2D eigenvalue weighted by Gasteiger charge is 2.28. The summed E-state index contributed by atoms with van der Waals surface area (Å²) < 4.78 is 19.7. The van der Waals surface area contributed by atoms with Crippen LogP contribution in [0.2, 0.25) is 0 Å². The van der Waals surface area contributed by atoms with Crippen LogP contribution < -0.4 is 14.4 Å². The number of benzene rings is 3. The molecule has 1 saturated carbocycles. The van der Waals surface area contributed by atoms with Gasteiger partial charge < -0.3 is 18.8 Å². The fraction of sp³-hybridized carbons (Fsp3) is 0.312. The van der Waals surface area contributed by atoms with Crippen molar-refractivity contribution in [2.45, 2.75) is 44.2 Å². The molecule has 1 aliphatic carbocycles. The van der Waals surface area contributed by atoms with Gasteiger partial charge in [0.25, 0.3) is 0 Å². The van der Waals surface area contributed by atoms with E-state index in [2.05, 4.69) is 16.7 Å². The summed E-state index contributed by atoms with van der Waals surface area (Å²) in [6.07, 6.45) is 4.78. The van der Waals surface area contributed by atoms with Crippen LogP contribution in [0.3, 0.4) is 0 Å². The van der Waals surface area contributed by atoms with Crippen molar-refractivity contribution < 1.29 is 19.0 Å². The van der Waals surface area contributed by atoms with Gasteiger partial charge in [0.15, 0.2) is 0 Å². The summed E-state index contributed by atoms with van der Waals surface area (Å²) >= 11 is 0. The summed E-state index contributed by atoms with van der Waals surface area (Å²) in [7, 11) is 1.68. The second-order valence-corrected chi connectivity index (χ2v) is 10.2. The molecule has 2 heterocycles. The molecule has 0 bridgehead atoms. The number of nitrogens with zero attached hydrogens (tertiary/aromatic N) is 3. The van der Waals surface area contributed by atoms with Crippen molar-refractivity contribution in [1.82, 2.24) is 4.57 Å². The van der Waals surface area contributed by atoms with Crippen LogP contribution in [0, 0.1) is 11.3 Å². The maximum atomic E-state index is 12.7. The Kier molecular flexibility index (Phi) is 6.95. The monoisotopic (exact) mass is 521 g/mol. The molecule has 1 saturated heterocycles. The number of hydrogen-bond donors (Lipinski definition) is 0. The maximum absolute atomic E-state index is 12.7. The highest BCUT2D eigenvalue weighted by atomic mass is 16.6. The zero-order valence-electron chi connectivity index (χ0n) is 22.0. The minimum absolute atomic E-state index is 0.148. The number of nitriles is 1. The van der Waals surface area contributed by atoms with Crippen molar-refractivity contribution >= 4 is 22.7 Å². The Bertz CT molecular complexity index is 1510. The van der Waals surface area contributed by atoms with Gasteiger partial charge in [-0.05, 0) is 73.4 Å². The Balaban J connectivity index is 1.31. The number of amides is 1. The summed E-state index contributed by atoms with van der Waals surface area (Å²) in [6.45, 7) is 1.45. The highest BCUT2D eigenvalue weighted by molar-refractivity contribution is 5.95. The van der Waals surface area contributed by atoms with E-state index in [-0.39, 0.29) is 6.10 Å². The smallest absolute Gasteiger partial charge is 0.419 e. The van der Waals surface area contributed by atoms with Crippen LogP contribution in [-0.2, 0) is 4.74 Å². The molecule has 6 rings (SSSR count). The van der Waals surface area contributed by atoms with Gasteiger partial charge in [-0.3, -0.25) is 4.90 Å². The zero-order chi connectivity index (χ0) is 26.8. The summed E-state index contributed by atoms with van der Waals surface area (Å²) in [5, 5.41) is 11.2. The molecular formula is C32H31N3O4. The lowest BCUT2D eigenvalue weighted by atomic mass is 9.92. The first-order valence-corrected chi connectivity index (χ1v) is 13.6. The van der Waals surface area contributed by atoms with Crippen LogP contribution in [0.1, 0.15) is 43.7 Å².